The Morgan fingerprint density at radius 2 is 2.00 bits per heavy atom. The van der Waals surface area contributed by atoms with Crippen molar-refractivity contribution in [2.45, 2.75) is 0 Å². The van der Waals surface area contributed by atoms with Gasteiger partial charge in [-0.15, -0.1) is 0 Å². The smallest absolute Gasteiger partial charge is 0.271 e. The molecule has 3 heteroatoms. The maximum atomic E-state index is 12.0. The molecular weight excluding hydrogens is 188 g/mol. The predicted molar refractivity (Wildman–Crippen MR) is 55.3 cm³/mol. The summed E-state index contributed by atoms with van der Waals surface area (Å²) in [5.74, 6) is -0.00815. The Balaban J connectivity index is 2.42. The van der Waals surface area contributed by atoms with Crippen LogP contribution < -0.4 is 4.57 Å². The van der Waals surface area contributed by atoms with Gasteiger partial charge in [-0.2, -0.15) is 4.57 Å². The van der Waals surface area contributed by atoms with Gasteiger partial charge in [0.25, 0.3) is 11.5 Å². The number of benzene rings is 1. The fraction of sp³-hybridized carbons (Fsp3) is 0.0833. The second kappa shape index (κ2) is 4.00. The zero-order chi connectivity index (χ0) is 10.7. The van der Waals surface area contributed by atoms with Crippen LogP contribution >= 0.6 is 0 Å². The number of nitrogens with zero attached hydrogens (tertiary/aromatic N) is 2. The first kappa shape index (κ1) is 9.52. The third kappa shape index (κ3) is 1.91. The number of aryl methyl sites for hydroxylation is 1. The Morgan fingerprint density at radius 1 is 1.27 bits per heavy atom. The molecule has 0 fully saturated rings. The van der Waals surface area contributed by atoms with Gasteiger partial charge in [0.2, 0.25) is 0 Å². The summed E-state index contributed by atoms with van der Waals surface area (Å²) in [7, 11) is 1.83. The number of hydrogen-bond acceptors (Lipinski definition) is 2. The molecule has 74 valence electrons. The van der Waals surface area contributed by atoms with Gasteiger partial charge in [-0.3, -0.25) is 9.78 Å². The van der Waals surface area contributed by atoms with Gasteiger partial charge in [-0.1, -0.05) is 30.3 Å². The molecule has 1 aromatic heterocycles. The second-order valence-electron chi connectivity index (χ2n) is 3.27. The van der Waals surface area contributed by atoms with Crippen molar-refractivity contribution in [2.24, 2.45) is 7.05 Å². The first-order valence-electron chi connectivity index (χ1n) is 4.68. The predicted octanol–water partition coefficient (Wildman–Crippen LogP) is 1.14. The fourth-order valence-electron chi connectivity index (χ4n) is 1.38. The molecule has 0 aliphatic carbocycles. The van der Waals surface area contributed by atoms with Crippen molar-refractivity contribution in [1.82, 2.24) is 4.98 Å². The van der Waals surface area contributed by atoms with E-state index in [2.05, 4.69) is 4.98 Å². The molecule has 2 rings (SSSR count). The maximum Gasteiger partial charge on any atom is 0.271 e. The van der Waals surface area contributed by atoms with Crippen LogP contribution in [0.5, 0.6) is 0 Å². The molecule has 0 unspecified atom stereocenters. The molecule has 0 radical (unpaired) electrons. The average Bonchev–Trinajstić information content (AvgIpc) is 2.30. The monoisotopic (exact) mass is 199 g/mol. The van der Waals surface area contributed by atoms with Gasteiger partial charge in [0.1, 0.15) is 13.2 Å². The molecule has 0 aliphatic heterocycles. The Kier molecular flexibility index (Phi) is 2.54. The summed E-state index contributed by atoms with van der Waals surface area (Å²) in [5, 5.41) is 0. The fourth-order valence-corrected chi connectivity index (χ4v) is 1.38. The molecule has 0 N–H and O–H groups in total. The van der Waals surface area contributed by atoms with E-state index in [0.717, 1.165) is 0 Å². The second-order valence-corrected chi connectivity index (χ2v) is 3.27. The number of carbonyl (C=O) groups excluding carboxylic acids is 1. The van der Waals surface area contributed by atoms with Crippen molar-refractivity contribution in [1.29, 1.82) is 0 Å². The highest BCUT2D eigenvalue weighted by Crippen LogP contribution is 2.04. The summed E-state index contributed by atoms with van der Waals surface area (Å²) in [6.45, 7) is 0. The summed E-state index contributed by atoms with van der Waals surface area (Å²) in [4.78, 5) is 16.0. The third-order valence-corrected chi connectivity index (χ3v) is 2.22. The molecule has 3 nitrogen and oxygen atoms in total. The summed E-state index contributed by atoms with van der Waals surface area (Å²) >= 11 is 0. The third-order valence-electron chi connectivity index (χ3n) is 2.22. The van der Waals surface area contributed by atoms with Crippen LogP contribution in [0.15, 0.2) is 48.9 Å². The van der Waals surface area contributed by atoms with E-state index in [-0.39, 0.29) is 5.78 Å². The molecule has 0 amide bonds. The quantitative estimate of drug-likeness (QED) is 0.537. The van der Waals surface area contributed by atoms with Crippen LogP contribution in [0.3, 0.4) is 0 Å². The number of aromatic nitrogens is 2. The molecule has 0 bridgehead atoms. The van der Waals surface area contributed by atoms with Crippen molar-refractivity contribution in [2.75, 3.05) is 0 Å². The summed E-state index contributed by atoms with van der Waals surface area (Å²) in [6.07, 6.45) is 4.99. The maximum absolute atomic E-state index is 12.0. The van der Waals surface area contributed by atoms with Crippen LogP contribution in [0, 0.1) is 0 Å². The van der Waals surface area contributed by atoms with E-state index >= 15 is 0 Å². The molecule has 0 saturated heterocycles. The van der Waals surface area contributed by atoms with Crippen LogP contribution in [-0.2, 0) is 7.05 Å². The van der Waals surface area contributed by atoms with Gasteiger partial charge < -0.3 is 0 Å². The molecule has 0 saturated carbocycles. The lowest BCUT2D eigenvalue weighted by Crippen LogP contribution is -2.36. The van der Waals surface area contributed by atoms with Gasteiger partial charge in [0.15, 0.2) is 6.20 Å². The van der Waals surface area contributed by atoms with Gasteiger partial charge in [-0.05, 0) is 0 Å². The number of carbonyl (C=O) groups is 1. The molecule has 1 aromatic carbocycles. The average molecular weight is 199 g/mol. The van der Waals surface area contributed by atoms with Crippen molar-refractivity contribution >= 4 is 5.78 Å². The number of rotatable bonds is 2. The SMILES string of the molecule is C[n+]1ccncc1C(=O)c1ccccc1. The standard InChI is InChI=1S/C12H11N2O/c1-14-8-7-13-9-11(14)12(15)10-5-3-2-4-6-10/h2-9H,1H3/q+1. The molecule has 15 heavy (non-hydrogen) atoms. The minimum absolute atomic E-state index is 0.00815. The van der Waals surface area contributed by atoms with Gasteiger partial charge in [0, 0.05) is 5.56 Å². The van der Waals surface area contributed by atoms with Gasteiger partial charge in [0.05, 0.1) is 6.20 Å². The molecule has 0 spiro atoms. The van der Waals surface area contributed by atoms with E-state index in [9.17, 15) is 4.79 Å². The highest BCUT2D eigenvalue weighted by atomic mass is 16.1. The van der Waals surface area contributed by atoms with Crippen LogP contribution in [-0.4, -0.2) is 10.8 Å². The molecule has 1 heterocycles. The van der Waals surface area contributed by atoms with Crippen LogP contribution in [0.25, 0.3) is 0 Å². The minimum Gasteiger partial charge on any atom is -0.282 e. The summed E-state index contributed by atoms with van der Waals surface area (Å²) in [5.41, 5.74) is 1.27. The van der Waals surface area contributed by atoms with E-state index in [1.165, 1.54) is 0 Å². The number of hydrogen-bond donors (Lipinski definition) is 0. The van der Waals surface area contributed by atoms with E-state index in [4.69, 9.17) is 0 Å². The normalized spacial score (nSPS) is 9.93. The van der Waals surface area contributed by atoms with Gasteiger partial charge >= 0.3 is 0 Å². The lowest BCUT2D eigenvalue weighted by atomic mass is 10.1. The minimum atomic E-state index is -0.00815. The summed E-state index contributed by atoms with van der Waals surface area (Å²) < 4.78 is 1.77. The highest BCUT2D eigenvalue weighted by molar-refractivity contribution is 6.06. The Labute approximate surface area is 88.0 Å². The van der Waals surface area contributed by atoms with Crippen LogP contribution in [0.2, 0.25) is 0 Å². The van der Waals surface area contributed by atoms with E-state index in [0.29, 0.717) is 11.3 Å². The van der Waals surface area contributed by atoms with Crippen LogP contribution in [0.4, 0.5) is 0 Å². The zero-order valence-corrected chi connectivity index (χ0v) is 8.42. The van der Waals surface area contributed by atoms with Crippen molar-refractivity contribution in [3.8, 4) is 0 Å². The Morgan fingerprint density at radius 3 is 2.67 bits per heavy atom. The first-order chi connectivity index (χ1) is 7.29. The van der Waals surface area contributed by atoms with Crippen LogP contribution in [0.1, 0.15) is 16.1 Å². The van der Waals surface area contributed by atoms with E-state index < -0.39 is 0 Å². The molecule has 0 atom stereocenters. The van der Waals surface area contributed by atoms with Crippen molar-refractivity contribution in [3.05, 3.63) is 60.2 Å². The van der Waals surface area contributed by atoms with Gasteiger partial charge in [-0.25, -0.2) is 0 Å². The Hall–Kier alpha value is -2.03. The largest absolute Gasteiger partial charge is 0.282 e. The van der Waals surface area contributed by atoms with Crippen molar-refractivity contribution < 1.29 is 9.36 Å². The van der Waals surface area contributed by atoms with E-state index in [1.54, 1.807) is 35.3 Å². The molecule has 2 aromatic rings. The molecule has 0 aliphatic rings. The topological polar surface area (TPSA) is 33.8 Å². The highest BCUT2D eigenvalue weighted by Gasteiger charge is 2.17. The van der Waals surface area contributed by atoms with E-state index in [1.807, 2.05) is 25.2 Å². The lowest BCUT2D eigenvalue weighted by Gasteiger charge is -1.97. The van der Waals surface area contributed by atoms with Crippen molar-refractivity contribution in [3.63, 3.8) is 0 Å². The first-order valence-corrected chi connectivity index (χ1v) is 4.68. The zero-order valence-electron chi connectivity index (χ0n) is 8.42. The Bertz CT molecular complexity index is 480. The lowest BCUT2D eigenvalue weighted by molar-refractivity contribution is -0.673. The molecular formula is C12H11N2O+. The summed E-state index contributed by atoms with van der Waals surface area (Å²) in [6, 6.07) is 9.19. The number of ketones is 1.